The molecule has 0 aliphatic heterocycles. The predicted molar refractivity (Wildman–Crippen MR) is 98.9 cm³/mol. The molecule has 0 unspecified atom stereocenters. The molecule has 4 nitrogen and oxygen atoms in total. The summed E-state index contributed by atoms with van der Waals surface area (Å²) in [6.45, 7) is 9.49. The Bertz CT molecular complexity index is 261. The van der Waals surface area contributed by atoms with E-state index in [1.54, 1.807) is 0 Å². The van der Waals surface area contributed by atoms with Gasteiger partial charge in [-0.15, -0.1) is 24.0 Å². The van der Waals surface area contributed by atoms with Crippen LogP contribution in [0.2, 0.25) is 0 Å². The van der Waals surface area contributed by atoms with Crippen molar-refractivity contribution in [1.82, 2.24) is 10.2 Å². The van der Waals surface area contributed by atoms with Gasteiger partial charge in [-0.1, -0.05) is 32.6 Å². The maximum atomic E-state index is 5.98. The van der Waals surface area contributed by atoms with Crippen LogP contribution in [0.5, 0.6) is 0 Å². The van der Waals surface area contributed by atoms with Gasteiger partial charge in [-0.05, 0) is 33.2 Å². The molecule has 1 fully saturated rings. The van der Waals surface area contributed by atoms with E-state index in [0.717, 1.165) is 19.6 Å². The summed E-state index contributed by atoms with van der Waals surface area (Å²) >= 11 is 0. The van der Waals surface area contributed by atoms with Gasteiger partial charge in [0.25, 0.3) is 0 Å². The predicted octanol–water partition coefficient (Wildman–Crippen LogP) is 2.96. The molecule has 0 aromatic carbocycles. The molecule has 5 heteroatoms. The highest BCUT2D eigenvalue weighted by Gasteiger charge is 2.12. The van der Waals surface area contributed by atoms with Crippen molar-refractivity contribution in [2.24, 2.45) is 10.7 Å². The highest BCUT2D eigenvalue weighted by Crippen LogP contribution is 2.16. The zero-order valence-electron chi connectivity index (χ0n) is 13.4. The maximum Gasteiger partial charge on any atom is 0.188 e. The van der Waals surface area contributed by atoms with Gasteiger partial charge in [0.1, 0.15) is 0 Å². The van der Waals surface area contributed by atoms with Crippen molar-refractivity contribution < 1.29 is 0 Å². The number of hydrogen-bond acceptors (Lipinski definition) is 2. The minimum absolute atomic E-state index is 0. The number of hydrogen-bond donors (Lipinski definition) is 2. The van der Waals surface area contributed by atoms with Gasteiger partial charge in [0, 0.05) is 18.6 Å². The van der Waals surface area contributed by atoms with Gasteiger partial charge in [0.15, 0.2) is 5.96 Å². The maximum absolute atomic E-state index is 5.98. The molecule has 0 bridgehead atoms. The van der Waals surface area contributed by atoms with Crippen LogP contribution in [0.3, 0.4) is 0 Å². The molecule has 1 rings (SSSR count). The van der Waals surface area contributed by atoms with E-state index in [1.807, 2.05) is 0 Å². The summed E-state index contributed by atoms with van der Waals surface area (Å²) in [5, 5.41) is 3.39. The third kappa shape index (κ3) is 8.29. The summed E-state index contributed by atoms with van der Waals surface area (Å²) < 4.78 is 0. The molecule has 20 heavy (non-hydrogen) atoms. The van der Waals surface area contributed by atoms with Crippen LogP contribution < -0.4 is 11.1 Å². The zero-order chi connectivity index (χ0) is 14.1. The molecule has 0 atom stereocenters. The first kappa shape index (κ1) is 20.0. The highest BCUT2D eigenvalue weighted by molar-refractivity contribution is 14.0. The fourth-order valence-electron chi connectivity index (χ4n) is 2.76. The summed E-state index contributed by atoms with van der Waals surface area (Å²) in [6, 6.07) is 1.12. The van der Waals surface area contributed by atoms with Crippen LogP contribution in [0.1, 0.15) is 59.3 Å². The second-order valence-electron chi connectivity index (χ2n) is 5.82. The first-order valence-corrected chi connectivity index (χ1v) is 7.94. The van der Waals surface area contributed by atoms with Gasteiger partial charge in [-0.25, -0.2) is 0 Å². The van der Waals surface area contributed by atoms with Crippen LogP contribution in [0.4, 0.5) is 0 Å². The van der Waals surface area contributed by atoms with Crippen molar-refractivity contribution in [2.75, 3.05) is 19.6 Å². The quantitative estimate of drug-likeness (QED) is 0.314. The number of nitrogens with one attached hydrogen (secondary N) is 1. The fraction of sp³-hybridized carbons (Fsp3) is 0.933. The topological polar surface area (TPSA) is 53.6 Å². The van der Waals surface area contributed by atoms with Gasteiger partial charge in [0.2, 0.25) is 0 Å². The van der Waals surface area contributed by atoms with Gasteiger partial charge in [-0.3, -0.25) is 9.89 Å². The van der Waals surface area contributed by atoms with E-state index >= 15 is 0 Å². The van der Waals surface area contributed by atoms with Crippen molar-refractivity contribution in [1.29, 1.82) is 0 Å². The molecule has 0 saturated heterocycles. The van der Waals surface area contributed by atoms with Crippen LogP contribution in [-0.2, 0) is 0 Å². The Kier molecular flexibility index (Phi) is 11.6. The lowest BCUT2D eigenvalue weighted by molar-refractivity contribution is 0.240. The molecular weight excluding hydrogens is 363 g/mol. The molecule has 1 aliphatic carbocycles. The fourth-order valence-corrected chi connectivity index (χ4v) is 2.76. The van der Waals surface area contributed by atoms with E-state index in [9.17, 15) is 0 Å². The number of halogens is 1. The number of nitrogens with zero attached hydrogens (tertiary/aromatic N) is 2. The monoisotopic (exact) mass is 396 g/mol. The largest absolute Gasteiger partial charge is 0.370 e. The van der Waals surface area contributed by atoms with E-state index in [4.69, 9.17) is 5.73 Å². The average molecular weight is 396 g/mol. The van der Waals surface area contributed by atoms with Gasteiger partial charge in [0.05, 0.1) is 6.54 Å². The Morgan fingerprint density at radius 3 is 2.35 bits per heavy atom. The standard InChI is InChI=1S/C15H32N4.HI/c1-4-19(13(2)3)12-11-17-15(16)18-14-9-7-5-6-8-10-14;/h13-14H,4-12H2,1-3H3,(H3,16,17,18);1H. The summed E-state index contributed by atoms with van der Waals surface area (Å²) in [5.74, 6) is 0.631. The smallest absolute Gasteiger partial charge is 0.188 e. The summed E-state index contributed by atoms with van der Waals surface area (Å²) in [4.78, 5) is 6.87. The number of guanidine groups is 1. The number of rotatable bonds is 6. The molecule has 0 heterocycles. The van der Waals surface area contributed by atoms with Crippen LogP contribution in [0.25, 0.3) is 0 Å². The molecule has 0 amide bonds. The van der Waals surface area contributed by atoms with Crippen molar-refractivity contribution in [2.45, 2.75) is 71.4 Å². The molecule has 0 aromatic rings. The summed E-state index contributed by atoms with van der Waals surface area (Å²) in [5.41, 5.74) is 5.98. The highest BCUT2D eigenvalue weighted by atomic mass is 127. The Labute approximate surface area is 142 Å². The van der Waals surface area contributed by atoms with Crippen molar-refractivity contribution in [3.05, 3.63) is 0 Å². The molecule has 3 N–H and O–H groups in total. The van der Waals surface area contributed by atoms with E-state index in [-0.39, 0.29) is 24.0 Å². The van der Waals surface area contributed by atoms with Crippen LogP contribution in [-0.4, -0.2) is 42.6 Å². The minimum Gasteiger partial charge on any atom is -0.370 e. The molecule has 0 spiro atoms. The molecule has 1 saturated carbocycles. The summed E-state index contributed by atoms with van der Waals surface area (Å²) in [7, 11) is 0. The molecule has 120 valence electrons. The Hall–Kier alpha value is -0.0400. The number of nitrogens with two attached hydrogens (primary N) is 1. The second kappa shape index (κ2) is 11.6. The Balaban J connectivity index is 0.00000361. The van der Waals surface area contributed by atoms with E-state index < -0.39 is 0 Å². The average Bonchev–Trinajstić information content (AvgIpc) is 2.62. The van der Waals surface area contributed by atoms with Gasteiger partial charge >= 0.3 is 0 Å². The Morgan fingerprint density at radius 1 is 1.25 bits per heavy atom. The molecule has 1 aliphatic rings. The number of likely N-dealkylation sites (N-methyl/N-ethyl adjacent to an activating group) is 1. The second-order valence-corrected chi connectivity index (χ2v) is 5.82. The SMILES string of the molecule is CCN(CCN=C(N)NC1CCCCCC1)C(C)C.I. The normalized spacial score (nSPS) is 17.9. The van der Waals surface area contributed by atoms with Crippen LogP contribution >= 0.6 is 24.0 Å². The summed E-state index contributed by atoms with van der Waals surface area (Å²) in [6.07, 6.45) is 7.86. The lowest BCUT2D eigenvalue weighted by atomic mass is 10.1. The van der Waals surface area contributed by atoms with Gasteiger partial charge in [-0.2, -0.15) is 0 Å². The third-order valence-electron chi connectivity index (χ3n) is 4.01. The van der Waals surface area contributed by atoms with E-state index in [1.165, 1.54) is 38.5 Å². The number of aliphatic imine (C=N–C) groups is 1. The van der Waals surface area contributed by atoms with Gasteiger partial charge < -0.3 is 11.1 Å². The Morgan fingerprint density at radius 2 is 1.85 bits per heavy atom. The minimum atomic E-state index is 0. The van der Waals surface area contributed by atoms with Crippen molar-refractivity contribution >= 4 is 29.9 Å². The van der Waals surface area contributed by atoms with Crippen molar-refractivity contribution in [3.8, 4) is 0 Å². The molecule has 0 radical (unpaired) electrons. The zero-order valence-corrected chi connectivity index (χ0v) is 15.7. The lowest BCUT2D eigenvalue weighted by Crippen LogP contribution is -2.40. The first-order chi connectivity index (χ1) is 9.13. The van der Waals surface area contributed by atoms with Crippen molar-refractivity contribution in [3.63, 3.8) is 0 Å². The molecule has 0 aromatic heterocycles. The third-order valence-corrected chi connectivity index (χ3v) is 4.01. The van der Waals surface area contributed by atoms with E-state index in [0.29, 0.717) is 18.0 Å². The van der Waals surface area contributed by atoms with Crippen LogP contribution in [0.15, 0.2) is 4.99 Å². The van der Waals surface area contributed by atoms with E-state index in [2.05, 4.69) is 36.0 Å². The lowest BCUT2D eigenvalue weighted by Gasteiger charge is -2.24. The first-order valence-electron chi connectivity index (χ1n) is 7.94. The molecular formula is C15H33IN4. The van der Waals surface area contributed by atoms with Crippen LogP contribution in [0, 0.1) is 0 Å².